The molecule has 0 aliphatic carbocycles. The molecule has 138 valence electrons. The van der Waals surface area contributed by atoms with Gasteiger partial charge in [-0.05, 0) is 33.3 Å². The van der Waals surface area contributed by atoms with Crippen molar-refractivity contribution in [3.63, 3.8) is 0 Å². The number of hydrogen-bond acceptors (Lipinski definition) is 8. The average molecular weight is 393 g/mol. The molecule has 10 heteroatoms. The molecule has 3 heterocycles. The minimum Gasteiger partial charge on any atom is -0.462 e. The number of hydrogen-bond donors (Lipinski definition) is 1. The maximum Gasteiger partial charge on any atom is 0.348 e. The fourth-order valence-corrected chi connectivity index (χ4v) is 4.48. The number of esters is 1. The van der Waals surface area contributed by atoms with Crippen LogP contribution in [0.2, 0.25) is 0 Å². The number of fused-ring (bicyclic) bond motifs is 1. The number of nitrogens with one attached hydrogen (secondary N) is 1. The molecule has 3 rings (SSSR count). The number of nitrogens with zero attached hydrogens (tertiary/aromatic N) is 4. The predicted octanol–water partition coefficient (Wildman–Crippen LogP) is 2.93. The van der Waals surface area contributed by atoms with Crippen molar-refractivity contribution in [2.24, 2.45) is 0 Å². The number of thiophene rings is 1. The van der Waals surface area contributed by atoms with Crippen LogP contribution in [0.15, 0.2) is 16.3 Å². The number of aryl methyl sites for hydroxylation is 1. The van der Waals surface area contributed by atoms with Gasteiger partial charge in [0.05, 0.1) is 17.7 Å². The SMILES string of the molecule is CCOC(=O)c1sc2nc(CSc3nncn3C(C)C)[nH]c(=O)c2c1C. The molecular formula is C16H19N5O3S2. The first-order valence-corrected chi connectivity index (χ1v) is 9.94. The van der Waals surface area contributed by atoms with Crippen LogP contribution in [0.4, 0.5) is 0 Å². The van der Waals surface area contributed by atoms with Gasteiger partial charge in [0.1, 0.15) is 21.9 Å². The first-order valence-electron chi connectivity index (χ1n) is 8.14. The lowest BCUT2D eigenvalue weighted by Crippen LogP contribution is -2.11. The van der Waals surface area contributed by atoms with Gasteiger partial charge in [-0.2, -0.15) is 0 Å². The lowest BCUT2D eigenvalue weighted by Gasteiger charge is -2.08. The molecular weight excluding hydrogens is 374 g/mol. The van der Waals surface area contributed by atoms with Crippen LogP contribution in [0.5, 0.6) is 0 Å². The monoisotopic (exact) mass is 393 g/mol. The molecule has 8 nitrogen and oxygen atoms in total. The molecule has 0 atom stereocenters. The van der Waals surface area contributed by atoms with Gasteiger partial charge in [-0.3, -0.25) is 4.79 Å². The summed E-state index contributed by atoms with van der Waals surface area (Å²) < 4.78 is 7.00. The van der Waals surface area contributed by atoms with E-state index in [-0.39, 0.29) is 18.2 Å². The molecule has 0 saturated carbocycles. The molecule has 3 aromatic heterocycles. The summed E-state index contributed by atoms with van der Waals surface area (Å²) in [5, 5.41) is 9.23. The quantitative estimate of drug-likeness (QED) is 0.507. The van der Waals surface area contributed by atoms with E-state index in [9.17, 15) is 9.59 Å². The topological polar surface area (TPSA) is 103 Å². The smallest absolute Gasteiger partial charge is 0.348 e. The number of aromatic amines is 1. The second-order valence-electron chi connectivity index (χ2n) is 5.87. The molecule has 0 amide bonds. The van der Waals surface area contributed by atoms with Crippen LogP contribution in [0.3, 0.4) is 0 Å². The van der Waals surface area contributed by atoms with E-state index in [1.807, 2.05) is 18.4 Å². The maximum absolute atomic E-state index is 12.5. The molecule has 0 spiro atoms. The van der Waals surface area contributed by atoms with Gasteiger partial charge in [0.25, 0.3) is 5.56 Å². The Morgan fingerprint density at radius 3 is 2.92 bits per heavy atom. The summed E-state index contributed by atoms with van der Waals surface area (Å²) in [6, 6.07) is 0.245. The Balaban J connectivity index is 1.90. The zero-order valence-electron chi connectivity index (χ0n) is 14.9. The number of H-pyrrole nitrogens is 1. The van der Waals surface area contributed by atoms with Crippen LogP contribution in [0.25, 0.3) is 10.2 Å². The summed E-state index contributed by atoms with van der Waals surface area (Å²) in [6.45, 7) is 7.86. The Morgan fingerprint density at radius 1 is 1.46 bits per heavy atom. The molecule has 0 radical (unpaired) electrons. The van der Waals surface area contributed by atoms with Crippen molar-refractivity contribution in [3.05, 3.63) is 32.9 Å². The highest BCUT2D eigenvalue weighted by Gasteiger charge is 2.20. The highest BCUT2D eigenvalue weighted by atomic mass is 32.2. The van der Waals surface area contributed by atoms with E-state index in [0.717, 1.165) is 5.16 Å². The van der Waals surface area contributed by atoms with Crippen LogP contribution in [-0.2, 0) is 10.5 Å². The Morgan fingerprint density at radius 2 is 2.23 bits per heavy atom. The third-order valence-electron chi connectivity index (χ3n) is 3.74. The molecule has 26 heavy (non-hydrogen) atoms. The lowest BCUT2D eigenvalue weighted by atomic mass is 10.2. The maximum atomic E-state index is 12.5. The van der Waals surface area contributed by atoms with Crippen molar-refractivity contribution < 1.29 is 9.53 Å². The van der Waals surface area contributed by atoms with Gasteiger partial charge in [-0.1, -0.05) is 11.8 Å². The Kier molecular flexibility index (Phi) is 5.42. The van der Waals surface area contributed by atoms with Gasteiger partial charge >= 0.3 is 5.97 Å². The largest absolute Gasteiger partial charge is 0.462 e. The normalized spacial score (nSPS) is 11.4. The third kappa shape index (κ3) is 3.51. The van der Waals surface area contributed by atoms with Crippen LogP contribution in [0, 0.1) is 6.92 Å². The highest BCUT2D eigenvalue weighted by molar-refractivity contribution is 7.98. The summed E-state index contributed by atoms with van der Waals surface area (Å²) in [7, 11) is 0. The van der Waals surface area contributed by atoms with E-state index >= 15 is 0 Å². The number of thioether (sulfide) groups is 1. The lowest BCUT2D eigenvalue weighted by molar-refractivity contribution is 0.0531. The second kappa shape index (κ2) is 7.58. The van der Waals surface area contributed by atoms with Gasteiger partial charge < -0.3 is 14.3 Å². The van der Waals surface area contributed by atoms with Gasteiger partial charge in [-0.25, -0.2) is 9.78 Å². The van der Waals surface area contributed by atoms with Gasteiger partial charge in [0.2, 0.25) is 0 Å². The van der Waals surface area contributed by atoms with Crippen molar-refractivity contribution >= 4 is 39.3 Å². The van der Waals surface area contributed by atoms with Gasteiger partial charge in [0.15, 0.2) is 5.16 Å². The molecule has 0 aliphatic heterocycles. The number of carbonyl (C=O) groups excluding carboxylic acids is 1. The van der Waals surface area contributed by atoms with Crippen molar-refractivity contribution in [2.45, 2.75) is 44.6 Å². The average Bonchev–Trinajstić information content (AvgIpc) is 3.18. The van der Waals surface area contributed by atoms with Crippen molar-refractivity contribution in [3.8, 4) is 0 Å². The predicted molar refractivity (Wildman–Crippen MR) is 101 cm³/mol. The van der Waals surface area contributed by atoms with Crippen LogP contribution >= 0.6 is 23.1 Å². The van der Waals surface area contributed by atoms with Crippen molar-refractivity contribution in [1.29, 1.82) is 0 Å². The van der Waals surface area contributed by atoms with E-state index in [2.05, 4.69) is 20.2 Å². The highest BCUT2D eigenvalue weighted by Crippen LogP contribution is 2.28. The molecule has 0 fully saturated rings. The van der Waals surface area contributed by atoms with Crippen molar-refractivity contribution in [2.75, 3.05) is 6.61 Å². The van der Waals surface area contributed by atoms with E-state index in [1.54, 1.807) is 20.2 Å². The minimum absolute atomic E-state index is 0.245. The van der Waals surface area contributed by atoms with E-state index in [4.69, 9.17) is 4.74 Å². The summed E-state index contributed by atoms with van der Waals surface area (Å²) in [4.78, 5) is 32.8. The first kappa shape index (κ1) is 18.6. The fraction of sp³-hybridized carbons (Fsp3) is 0.438. The second-order valence-corrected chi connectivity index (χ2v) is 7.81. The zero-order valence-corrected chi connectivity index (χ0v) is 16.5. The van der Waals surface area contributed by atoms with Crippen LogP contribution in [0.1, 0.15) is 47.9 Å². The molecule has 0 bridgehead atoms. The summed E-state index contributed by atoms with van der Waals surface area (Å²) >= 11 is 2.63. The number of ether oxygens (including phenoxy) is 1. The van der Waals surface area contributed by atoms with Gasteiger partial charge in [-0.15, -0.1) is 21.5 Å². The van der Waals surface area contributed by atoms with Crippen molar-refractivity contribution in [1.82, 2.24) is 24.7 Å². The van der Waals surface area contributed by atoms with Gasteiger partial charge in [0, 0.05) is 6.04 Å². The van der Waals surface area contributed by atoms with E-state index in [1.165, 1.54) is 23.1 Å². The first-order chi connectivity index (χ1) is 12.4. The van der Waals surface area contributed by atoms with Crippen LogP contribution < -0.4 is 5.56 Å². The summed E-state index contributed by atoms with van der Waals surface area (Å²) in [6.07, 6.45) is 1.68. The minimum atomic E-state index is -0.423. The zero-order chi connectivity index (χ0) is 18.8. The standard InChI is InChI=1S/C16H19N5O3S2/c1-5-24-15(23)12-9(4)11-13(22)18-10(19-14(11)26-12)6-25-16-20-17-7-21(16)8(2)3/h7-8H,5-6H2,1-4H3,(H,18,19,22). The summed E-state index contributed by atoms with van der Waals surface area (Å²) in [5.74, 6) is 0.554. The Bertz CT molecular complexity index is 1010. The molecule has 0 unspecified atom stereocenters. The molecule has 3 aromatic rings. The Labute approximate surface area is 158 Å². The third-order valence-corrected chi connectivity index (χ3v) is 5.88. The van der Waals surface area contributed by atoms with E-state index in [0.29, 0.717) is 32.2 Å². The molecule has 0 aliphatic rings. The fourth-order valence-electron chi connectivity index (χ4n) is 2.47. The molecule has 0 saturated heterocycles. The van der Waals surface area contributed by atoms with Crippen LogP contribution in [-0.4, -0.2) is 37.3 Å². The number of aromatic nitrogens is 5. The Hall–Kier alpha value is -2.20. The summed E-state index contributed by atoms with van der Waals surface area (Å²) in [5.41, 5.74) is 0.358. The number of carbonyl (C=O) groups is 1. The number of rotatable bonds is 6. The van der Waals surface area contributed by atoms with E-state index < -0.39 is 5.97 Å². The molecule has 0 aromatic carbocycles. The molecule has 1 N–H and O–H groups in total.